The first-order valence-electron chi connectivity index (χ1n) is 6.57. The van der Waals surface area contributed by atoms with Gasteiger partial charge in [0.05, 0.1) is 7.11 Å². The molecule has 0 atom stereocenters. The van der Waals surface area contributed by atoms with Crippen LogP contribution in [-0.2, 0) is 0 Å². The van der Waals surface area contributed by atoms with Crippen molar-refractivity contribution < 1.29 is 4.74 Å². The molecule has 2 N–H and O–H groups in total. The number of benzene rings is 1. The molecule has 4 nitrogen and oxygen atoms in total. The van der Waals surface area contributed by atoms with Crippen molar-refractivity contribution in [2.24, 2.45) is 5.73 Å². The van der Waals surface area contributed by atoms with Gasteiger partial charge in [-0.15, -0.1) is 0 Å². The highest BCUT2D eigenvalue weighted by molar-refractivity contribution is 5.96. The Balaban J connectivity index is 2.60. The van der Waals surface area contributed by atoms with Gasteiger partial charge in [0.1, 0.15) is 11.6 Å². The minimum absolute atomic E-state index is 0.354. The average molecular weight is 259 g/mol. The van der Waals surface area contributed by atoms with Crippen molar-refractivity contribution in [2.45, 2.75) is 19.9 Å². The Morgan fingerprint density at radius 2 is 2.05 bits per heavy atom. The largest absolute Gasteiger partial charge is 0.496 e. The van der Waals surface area contributed by atoms with Crippen molar-refractivity contribution in [1.29, 1.82) is 0 Å². The third-order valence-corrected chi connectivity index (χ3v) is 3.23. The fraction of sp³-hybridized carbons (Fsp3) is 0.400. The van der Waals surface area contributed by atoms with Crippen molar-refractivity contribution in [2.75, 3.05) is 25.1 Å². The molecule has 0 aliphatic carbocycles. The standard InChI is InChI=1S/C15H21N3O/c1-11(2)18(10-8-16)15-13-5-4-6-14(19-3)12(13)7-9-17-15/h4-7,9,11H,8,10,16H2,1-3H3. The van der Waals surface area contributed by atoms with E-state index in [0.717, 1.165) is 28.9 Å². The fourth-order valence-corrected chi connectivity index (χ4v) is 2.32. The van der Waals surface area contributed by atoms with E-state index in [1.165, 1.54) is 0 Å². The van der Waals surface area contributed by atoms with Crippen LogP contribution in [0.25, 0.3) is 10.8 Å². The summed E-state index contributed by atoms with van der Waals surface area (Å²) in [7, 11) is 1.69. The zero-order valence-corrected chi connectivity index (χ0v) is 11.8. The summed E-state index contributed by atoms with van der Waals surface area (Å²) in [4.78, 5) is 6.76. The Bertz CT molecular complexity index is 554. The number of nitrogens with zero attached hydrogens (tertiary/aromatic N) is 2. The summed E-state index contributed by atoms with van der Waals surface area (Å²) in [5, 5.41) is 2.18. The number of fused-ring (bicyclic) bond motifs is 1. The quantitative estimate of drug-likeness (QED) is 0.896. The molecule has 0 spiro atoms. The summed E-state index contributed by atoms with van der Waals surface area (Å²) in [6, 6.07) is 8.38. The fourth-order valence-electron chi connectivity index (χ4n) is 2.32. The van der Waals surface area contributed by atoms with E-state index in [9.17, 15) is 0 Å². The second-order valence-electron chi connectivity index (χ2n) is 4.77. The maximum Gasteiger partial charge on any atom is 0.136 e. The number of rotatable bonds is 5. The van der Waals surface area contributed by atoms with Crippen molar-refractivity contribution in [1.82, 2.24) is 4.98 Å². The van der Waals surface area contributed by atoms with Gasteiger partial charge in [0.15, 0.2) is 0 Å². The van der Waals surface area contributed by atoms with Gasteiger partial charge < -0.3 is 15.4 Å². The molecule has 0 saturated heterocycles. The van der Waals surface area contributed by atoms with Gasteiger partial charge >= 0.3 is 0 Å². The highest BCUT2D eigenvalue weighted by atomic mass is 16.5. The van der Waals surface area contributed by atoms with Crippen molar-refractivity contribution >= 4 is 16.6 Å². The number of hydrogen-bond donors (Lipinski definition) is 1. The summed E-state index contributed by atoms with van der Waals surface area (Å²) in [6.45, 7) is 5.70. The van der Waals surface area contributed by atoms with Crippen LogP contribution in [0.5, 0.6) is 5.75 Å². The van der Waals surface area contributed by atoms with E-state index in [2.05, 4.69) is 29.8 Å². The van der Waals surface area contributed by atoms with Gasteiger partial charge in [-0.3, -0.25) is 0 Å². The van der Waals surface area contributed by atoms with E-state index in [1.54, 1.807) is 7.11 Å². The van der Waals surface area contributed by atoms with E-state index in [-0.39, 0.29) is 0 Å². The summed E-state index contributed by atoms with van der Waals surface area (Å²) >= 11 is 0. The molecule has 0 radical (unpaired) electrons. The van der Waals surface area contributed by atoms with Crippen LogP contribution >= 0.6 is 0 Å². The Morgan fingerprint density at radius 1 is 1.26 bits per heavy atom. The normalized spacial score (nSPS) is 11.0. The van der Waals surface area contributed by atoms with Gasteiger partial charge in [0, 0.05) is 36.1 Å². The molecule has 1 heterocycles. The van der Waals surface area contributed by atoms with Crippen LogP contribution in [0.4, 0.5) is 5.82 Å². The third kappa shape index (κ3) is 2.63. The third-order valence-electron chi connectivity index (χ3n) is 3.23. The van der Waals surface area contributed by atoms with Crippen LogP contribution in [0.3, 0.4) is 0 Å². The number of aromatic nitrogens is 1. The first-order valence-corrected chi connectivity index (χ1v) is 6.57. The molecule has 0 saturated carbocycles. The minimum atomic E-state index is 0.354. The Morgan fingerprint density at radius 3 is 2.68 bits per heavy atom. The molecule has 0 unspecified atom stereocenters. The highest BCUT2D eigenvalue weighted by Gasteiger charge is 2.15. The number of ether oxygens (including phenoxy) is 1. The van der Waals surface area contributed by atoms with Gasteiger partial charge in [0.2, 0.25) is 0 Å². The molecule has 2 rings (SSSR count). The summed E-state index contributed by atoms with van der Waals surface area (Å²) in [5.74, 6) is 1.84. The zero-order valence-electron chi connectivity index (χ0n) is 11.8. The smallest absolute Gasteiger partial charge is 0.136 e. The summed E-state index contributed by atoms with van der Waals surface area (Å²) < 4.78 is 5.41. The molecule has 1 aromatic heterocycles. The van der Waals surface area contributed by atoms with Crippen molar-refractivity contribution in [3.8, 4) is 5.75 Å². The van der Waals surface area contributed by atoms with Crippen LogP contribution in [0.15, 0.2) is 30.5 Å². The van der Waals surface area contributed by atoms with Crippen LogP contribution in [0.1, 0.15) is 13.8 Å². The zero-order chi connectivity index (χ0) is 13.8. The molecular weight excluding hydrogens is 238 g/mol. The van der Waals surface area contributed by atoms with Crippen LogP contribution in [0.2, 0.25) is 0 Å². The molecule has 1 aromatic carbocycles. The van der Waals surface area contributed by atoms with Crippen LogP contribution in [-0.4, -0.2) is 31.2 Å². The molecule has 0 bridgehead atoms. The minimum Gasteiger partial charge on any atom is -0.496 e. The second-order valence-corrected chi connectivity index (χ2v) is 4.77. The SMILES string of the molecule is COc1cccc2c(N(CCN)C(C)C)nccc12. The van der Waals surface area contributed by atoms with Gasteiger partial charge in [0.25, 0.3) is 0 Å². The van der Waals surface area contributed by atoms with E-state index >= 15 is 0 Å². The Hall–Kier alpha value is -1.81. The lowest BCUT2D eigenvalue weighted by Crippen LogP contribution is -2.36. The first-order chi connectivity index (χ1) is 9.19. The maximum absolute atomic E-state index is 5.71. The topological polar surface area (TPSA) is 51.4 Å². The first kappa shape index (κ1) is 13.6. The molecule has 102 valence electrons. The van der Waals surface area contributed by atoms with E-state index in [1.807, 2.05) is 24.4 Å². The lowest BCUT2D eigenvalue weighted by molar-refractivity contribution is 0.420. The van der Waals surface area contributed by atoms with E-state index in [4.69, 9.17) is 10.5 Å². The van der Waals surface area contributed by atoms with E-state index < -0.39 is 0 Å². The number of anilines is 1. The predicted octanol–water partition coefficient (Wildman–Crippen LogP) is 2.42. The lowest BCUT2D eigenvalue weighted by Gasteiger charge is -2.28. The monoisotopic (exact) mass is 259 g/mol. The highest BCUT2D eigenvalue weighted by Crippen LogP contribution is 2.31. The van der Waals surface area contributed by atoms with Gasteiger partial charge in [-0.2, -0.15) is 0 Å². The molecule has 0 aliphatic rings. The van der Waals surface area contributed by atoms with Gasteiger partial charge in [-0.25, -0.2) is 4.98 Å². The second kappa shape index (κ2) is 5.89. The number of methoxy groups -OCH3 is 1. The molecule has 19 heavy (non-hydrogen) atoms. The number of pyridine rings is 1. The summed E-state index contributed by atoms with van der Waals surface area (Å²) in [6.07, 6.45) is 1.83. The molecule has 4 heteroatoms. The Labute approximate surface area is 114 Å². The van der Waals surface area contributed by atoms with Gasteiger partial charge in [-0.05, 0) is 26.0 Å². The molecule has 0 fully saturated rings. The van der Waals surface area contributed by atoms with Crippen molar-refractivity contribution in [3.05, 3.63) is 30.5 Å². The summed E-state index contributed by atoms with van der Waals surface area (Å²) in [5.41, 5.74) is 5.71. The van der Waals surface area contributed by atoms with Gasteiger partial charge in [-0.1, -0.05) is 12.1 Å². The molecular formula is C15H21N3O. The predicted molar refractivity (Wildman–Crippen MR) is 79.8 cm³/mol. The maximum atomic E-state index is 5.71. The average Bonchev–Trinajstić information content (AvgIpc) is 2.43. The molecule has 0 aliphatic heterocycles. The Kier molecular flexibility index (Phi) is 4.22. The van der Waals surface area contributed by atoms with Crippen molar-refractivity contribution in [3.63, 3.8) is 0 Å². The molecule has 0 amide bonds. The number of hydrogen-bond acceptors (Lipinski definition) is 4. The van der Waals surface area contributed by atoms with Crippen LogP contribution in [0, 0.1) is 0 Å². The van der Waals surface area contributed by atoms with Crippen LogP contribution < -0.4 is 15.4 Å². The molecule has 2 aromatic rings. The lowest BCUT2D eigenvalue weighted by atomic mass is 10.1. The number of nitrogens with two attached hydrogens (primary N) is 1. The van der Waals surface area contributed by atoms with E-state index in [0.29, 0.717) is 12.6 Å².